The first kappa shape index (κ1) is 21.0. The van der Waals surface area contributed by atoms with Gasteiger partial charge in [0.25, 0.3) is 15.9 Å². The molecule has 1 aliphatic carbocycles. The number of rotatable bonds is 5. The van der Waals surface area contributed by atoms with Gasteiger partial charge in [-0.3, -0.25) is 14.5 Å². The molecule has 0 saturated carbocycles. The highest BCUT2D eigenvalue weighted by molar-refractivity contribution is 7.90. The van der Waals surface area contributed by atoms with Gasteiger partial charge in [0.15, 0.2) is 6.61 Å². The van der Waals surface area contributed by atoms with E-state index in [1.807, 2.05) is 18.2 Å². The molecule has 1 amide bonds. The number of aryl methyl sites for hydroxylation is 1. The smallest absolute Gasteiger partial charge is 0.331 e. The summed E-state index contributed by atoms with van der Waals surface area (Å²) < 4.78 is 31.7. The average molecular weight is 442 g/mol. The van der Waals surface area contributed by atoms with Crippen LogP contribution in [0, 0.1) is 0 Å². The van der Waals surface area contributed by atoms with Crippen molar-refractivity contribution in [2.75, 3.05) is 6.61 Å². The Morgan fingerprint density at radius 2 is 1.94 bits per heavy atom. The molecule has 2 aromatic rings. The van der Waals surface area contributed by atoms with E-state index in [2.05, 4.69) is 21.1 Å². The molecule has 0 bridgehead atoms. The summed E-state index contributed by atoms with van der Waals surface area (Å²) in [5.74, 6) is -1.01. The zero-order valence-corrected chi connectivity index (χ0v) is 17.8. The Hall–Kier alpha value is -3.20. The summed E-state index contributed by atoms with van der Waals surface area (Å²) in [6.07, 6.45) is 2.80. The monoisotopic (exact) mass is 441 g/mol. The fraction of sp³-hybridized carbons (Fsp3) is 0.318. The molecule has 1 heterocycles. The van der Waals surface area contributed by atoms with Crippen molar-refractivity contribution in [3.05, 3.63) is 65.2 Å². The van der Waals surface area contributed by atoms with Gasteiger partial charge in [-0.2, -0.15) is 0 Å². The first-order valence-corrected chi connectivity index (χ1v) is 11.6. The number of sulfonamides is 1. The third-order valence-corrected chi connectivity index (χ3v) is 6.77. The molecule has 2 atom stereocenters. The molecule has 2 aromatic carbocycles. The first-order chi connectivity index (χ1) is 14.8. The number of nitrogens with one attached hydrogen (secondary N) is 2. The van der Waals surface area contributed by atoms with Crippen LogP contribution in [-0.4, -0.2) is 38.8 Å². The van der Waals surface area contributed by atoms with Gasteiger partial charge in [0.05, 0.1) is 10.9 Å². The van der Waals surface area contributed by atoms with Gasteiger partial charge in [0.1, 0.15) is 11.9 Å². The number of fused-ring (bicyclic) bond motifs is 2. The summed E-state index contributed by atoms with van der Waals surface area (Å²) in [6.45, 7) is 1.06. The summed E-state index contributed by atoms with van der Waals surface area (Å²) in [6, 6.07) is 13.3. The third kappa shape index (κ3) is 4.46. The van der Waals surface area contributed by atoms with Crippen molar-refractivity contribution in [2.45, 2.75) is 43.2 Å². The molecule has 0 aromatic heterocycles. The summed E-state index contributed by atoms with van der Waals surface area (Å²) in [5, 5.41) is 2.92. The van der Waals surface area contributed by atoms with Crippen LogP contribution in [0.1, 0.15) is 42.5 Å². The molecule has 1 aliphatic heterocycles. The number of nitrogens with zero attached hydrogens (tertiary/aromatic N) is 1. The lowest BCUT2D eigenvalue weighted by molar-refractivity contribution is -0.149. The molecule has 162 valence electrons. The zero-order valence-electron chi connectivity index (χ0n) is 17.0. The van der Waals surface area contributed by atoms with E-state index >= 15 is 0 Å². The van der Waals surface area contributed by atoms with Crippen molar-refractivity contribution in [3.8, 4) is 0 Å². The van der Waals surface area contributed by atoms with E-state index in [1.54, 1.807) is 18.2 Å². The quantitative estimate of drug-likeness (QED) is 0.688. The zero-order chi connectivity index (χ0) is 22.0. The summed E-state index contributed by atoms with van der Waals surface area (Å²) in [5.41, 5.74) is 2.72. The minimum absolute atomic E-state index is 0.0864. The molecule has 31 heavy (non-hydrogen) atoms. The van der Waals surface area contributed by atoms with Crippen LogP contribution in [0.2, 0.25) is 0 Å². The second-order valence-corrected chi connectivity index (χ2v) is 9.23. The van der Waals surface area contributed by atoms with Crippen LogP contribution in [0.15, 0.2) is 58.4 Å². The second kappa shape index (κ2) is 8.50. The summed E-state index contributed by atoms with van der Waals surface area (Å²) in [4.78, 5) is 28.9. The van der Waals surface area contributed by atoms with E-state index < -0.39 is 28.6 Å². The SMILES string of the molecule is C[C@@H](N=C1NS(=O)(=O)c2ccccc21)C(=O)OCC(=O)N[C@H]1CCCc2ccccc21. The first-order valence-electron chi connectivity index (χ1n) is 10.1. The number of carbonyl (C=O) groups excluding carboxylic acids is 2. The predicted octanol–water partition coefficient (Wildman–Crippen LogP) is 1.85. The molecular formula is C22H23N3O5S. The number of ether oxygens (including phenoxy) is 1. The molecule has 2 N–H and O–H groups in total. The highest BCUT2D eigenvalue weighted by Crippen LogP contribution is 2.29. The summed E-state index contributed by atoms with van der Waals surface area (Å²) in [7, 11) is -3.69. The third-order valence-electron chi connectivity index (χ3n) is 5.38. The number of carbonyl (C=O) groups is 2. The van der Waals surface area contributed by atoms with Crippen LogP contribution in [0.3, 0.4) is 0 Å². The summed E-state index contributed by atoms with van der Waals surface area (Å²) >= 11 is 0. The molecule has 8 nitrogen and oxygen atoms in total. The van der Waals surface area contributed by atoms with Crippen molar-refractivity contribution >= 4 is 27.7 Å². The largest absolute Gasteiger partial charge is 0.454 e. The van der Waals surface area contributed by atoms with E-state index in [4.69, 9.17) is 4.74 Å². The lowest BCUT2D eigenvalue weighted by atomic mass is 9.88. The number of amides is 1. The second-order valence-electron chi connectivity index (χ2n) is 7.57. The van der Waals surface area contributed by atoms with Crippen LogP contribution >= 0.6 is 0 Å². The van der Waals surface area contributed by atoms with Crippen molar-refractivity contribution in [3.63, 3.8) is 0 Å². The molecule has 0 fully saturated rings. The number of esters is 1. The Bertz CT molecular complexity index is 1160. The number of benzene rings is 2. The normalized spacial score (nSPS) is 20.8. The Balaban J connectivity index is 1.35. The van der Waals surface area contributed by atoms with Gasteiger partial charge in [0, 0.05) is 5.56 Å². The fourth-order valence-electron chi connectivity index (χ4n) is 3.87. The van der Waals surface area contributed by atoms with Crippen LogP contribution in [-0.2, 0) is 30.8 Å². The molecule has 0 saturated heterocycles. The minimum Gasteiger partial charge on any atom is -0.454 e. The Kier molecular flexibility index (Phi) is 5.77. The standard InChI is InChI=1S/C22H23N3O5S/c1-14(23-21-17-10-4-5-12-19(17)31(28,29)25-21)22(27)30-13-20(26)24-18-11-6-8-15-7-2-3-9-16(15)18/h2-5,7,9-10,12,14,18H,6,8,11,13H2,1H3,(H,23,25)(H,24,26)/t14-,18+/m1/s1. The van der Waals surface area contributed by atoms with Crippen LogP contribution < -0.4 is 10.0 Å². The lowest BCUT2D eigenvalue weighted by Gasteiger charge is -2.26. The van der Waals surface area contributed by atoms with Crippen molar-refractivity contribution < 1.29 is 22.7 Å². The number of amidine groups is 1. The predicted molar refractivity (Wildman–Crippen MR) is 114 cm³/mol. The van der Waals surface area contributed by atoms with E-state index in [-0.39, 0.29) is 22.7 Å². The number of hydrogen-bond acceptors (Lipinski definition) is 6. The topological polar surface area (TPSA) is 114 Å². The van der Waals surface area contributed by atoms with Crippen LogP contribution in [0.25, 0.3) is 0 Å². The average Bonchev–Trinajstić information content (AvgIpc) is 3.02. The van der Waals surface area contributed by atoms with Gasteiger partial charge in [-0.25, -0.2) is 13.2 Å². The molecule has 0 radical (unpaired) electrons. The maximum Gasteiger partial charge on any atom is 0.331 e. The molecule has 9 heteroatoms. The Labute approximate surface area is 180 Å². The molecular weight excluding hydrogens is 418 g/mol. The maximum atomic E-state index is 12.3. The fourth-order valence-corrected chi connectivity index (χ4v) is 5.11. The van der Waals surface area contributed by atoms with Gasteiger partial charge in [-0.05, 0) is 49.4 Å². The van der Waals surface area contributed by atoms with E-state index in [0.717, 1.165) is 24.8 Å². The highest BCUT2D eigenvalue weighted by atomic mass is 32.2. The minimum atomic E-state index is -3.69. The van der Waals surface area contributed by atoms with Gasteiger partial charge in [-0.1, -0.05) is 36.4 Å². The van der Waals surface area contributed by atoms with E-state index in [1.165, 1.54) is 18.6 Å². The van der Waals surface area contributed by atoms with Gasteiger partial charge >= 0.3 is 5.97 Å². The van der Waals surface area contributed by atoms with E-state index in [9.17, 15) is 18.0 Å². The maximum absolute atomic E-state index is 12.3. The van der Waals surface area contributed by atoms with E-state index in [0.29, 0.717) is 5.56 Å². The van der Waals surface area contributed by atoms with Crippen molar-refractivity contribution in [2.24, 2.45) is 4.99 Å². The van der Waals surface area contributed by atoms with Gasteiger partial charge in [-0.15, -0.1) is 0 Å². The van der Waals surface area contributed by atoms with Crippen LogP contribution in [0.5, 0.6) is 0 Å². The number of hydrogen-bond donors (Lipinski definition) is 2. The van der Waals surface area contributed by atoms with Crippen molar-refractivity contribution in [1.82, 2.24) is 10.0 Å². The Morgan fingerprint density at radius 1 is 1.19 bits per heavy atom. The number of aliphatic imine (C=N–C) groups is 1. The molecule has 0 spiro atoms. The lowest BCUT2D eigenvalue weighted by Crippen LogP contribution is -2.35. The Morgan fingerprint density at radius 3 is 2.77 bits per heavy atom. The molecule has 0 unspecified atom stereocenters. The van der Waals surface area contributed by atoms with Crippen molar-refractivity contribution in [1.29, 1.82) is 0 Å². The van der Waals surface area contributed by atoms with Gasteiger partial charge < -0.3 is 10.1 Å². The molecule has 4 rings (SSSR count). The van der Waals surface area contributed by atoms with Crippen LogP contribution in [0.4, 0.5) is 0 Å². The molecule has 2 aliphatic rings. The highest BCUT2D eigenvalue weighted by Gasteiger charge is 2.31. The van der Waals surface area contributed by atoms with Gasteiger partial charge in [0.2, 0.25) is 0 Å².